The van der Waals surface area contributed by atoms with E-state index in [-0.39, 0.29) is 5.91 Å². The average Bonchev–Trinajstić information content (AvgIpc) is 3.24. The number of carbonyl (C=O) groups excluding carboxylic acids is 1. The van der Waals surface area contributed by atoms with Gasteiger partial charge < -0.3 is 14.6 Å². The molecule has 0 saturated carbocycles. The quantitative estimate of drug-likeness (QED) is 0.452. The van der Waals surface area contributed by atoms with E-state index in [0.717, 1.165) is 31.0 Å². The molecule has 5 nitrogen and oxygen atoms in total. The van der Waals surface area contributed by atoms with Gasteiger partial charge in [0, 0.05) is 11.8 Å². The fourth-order valence-electron chi connectivity index (χ4n) is 3.14. The summed E-state index contributed by atoms with van der Waals surface area (Å²) in [5.41, 5.74) is 3.48. The number of amides is 1. The van der Waals surface area contributed by atoms with Crippen LogP contribution in [-0.4, -0.2) is 22.6 Å². The number of aromatic nitrogens is 2. The number of carbonyl (C=O) groups is 1. The maximum atomic E-state index is 12.9. The molecule has 7 heteroatoms. The Morgan fingerprint density at radius 1 is 1.21 bits per heavy atom. The number of para-hydroxylation sites is 1. The van der Waals surface area contributed by atoms with Crippen LogP contribution in [-0.2, 0) is 13.1 Å². The zero-order chi connectivity index (χ0) is 19.5. The fraction of sp³-hybridized carbons (Fsp3) is 0.143. The van der Waals surface area contributed by atoms with Crippen LogP contribution < -0.4 is 10.1 Å². The number of benzene rings is 1. The standard InChI is InChI=1S/C21H18BrN3O2S/c1-27-18-8-3-2-6-14(18)13-25-16-11-20(22)28-19(16)10-17(25)21(26)24-12-15-7-4-5-9-23-15/h2-11H,12-13H2,1H3,(H,24,26). The Morgan fingerprint density at radius 2 is 2.04 bits per heavy atom. The van der Waals surface area contributed by atoms with E-state index >= 15 is 0 Å². The van der Waals surface area contributed by atoms with Crippen LogP contribution in [0.1, 0.15) is 21.7 Å². The molecule has 0 aliphatic heterocycles. The summed E-state index contributed by atoms with van der Waals surface area (Å²) in [6, 6.07) is 17.5. The summed E-state index contributed by atoms with van der Waals surface area (Å²) >= 11 is 5.16. The van der Waals surface area contributed by atoms with Gasteiger partial charge in [-0.05, 0) is 46.3 Å². The largest absolute Gasteiger partial charge is 0.496 e. The number of pyridine rings is 1. The Balaban J connectivity index is 1.67. The van der Waals surface area contributed by atoms with Gasteiger partial charge >= 0.3 is 0 Å². The Bertz CT molecular complexity index is 1120. The lowest BCUT2D eigenvalue weighted by molar-refractivity contribution is 0.0942. The highest BCUT2D eigenvalue weighted by Crippen LogP contribution is 2.33. The Hall–Kier alpha value is -2.64. The number of hydrogen-bond donors (Lipinski definition) is 1. The molecule has 1 aromatic carbocycles. The minimum atomic E-state index is -0.125. The van der Waals surface area contributed by atoms with Crippen LogP contribution >= 0.6 is 27.3 Å². The van der Waals surface area contributed by atoms with Crippen LogP contribution in [0.15, 0.2) is 64.6 Å². The second kappa shape index (κ2) is 8.16. The first-order chi connectivity index (χ1) is 13.7. The van der Waals surface area contributed by atoms with Gasteiger partial charge in [-0.2, -0.15) is 0 Å². The maximum absolute atomic E-state index is 12.9. The van der Waals surface area contributed by atoms with Crippen molar-refractivity contribution >= 4 is 43.4 Å². The SMILES string of the molecule is COc1ccccc1Cn1c(C(=O)NCc2ccccn2)cc2sc(Br)cc21. The van der Waals surface area contributed by atoms with Crippen molar-refractivity contribution in [2.75, 3.05) is 7.11 Å². The molecule has 1 amide bonds. The average molecular weight is 456 g/mol. The van der Waals surface area contributed by atoms with Gasteiger partial charge in [-0.25, -0.2) is 0 Å². The number of fused-ring (bicyclic) bond motifs is 1. The van der Waals surface area contributed by atoms with Gasteiger partial charge in [0.25, 0.3) is 5.91 Å². The zero-order valence-corrected chi connectivity index (χ0v) is 17.6. The van der Waals surface area contributed by atoms with Crippen molar-refractivity contribution in [1.29, 1.82) is 0 Å². The smallest absolute Gasteiger partial charge is 0.268 e. The lowest BCUT2D eigenvalue weighted by atomic mass is 10.2. The maximum Gasteiger partial charge on any atom is 0.268 e. The van der Waals surface area contributed by atoms with Crippen molar-refractivity contribution in [2.45, 2.75) is 13.1 Å². The van der Waals surface area contributed by atoms with Crippen molar-refractivity contribution in [1.82, 2.24) is 14.9 Å². The molecular formula is C21H18BrN3O2S. The Kier molecular flexibility index (Phi) is 5.45. The van der Waals surface area contributed by atoms with Gasteiger partial charge in [0.1, 0.15) is 11.4 Å². The number of nitrogens with one attached hydrogen (secondary N) is 1. The zero-order valence-electron chi connectivity index (χ0n) is 15.2. The third-order valence-electron chi connectivity index (χ3n) is 4.47. The van der Waals surface area contributed by atoms with Crippen molar-refractivity contribution in [3.8, 4) is 5.75 Å². The van der Waals surface area contributed by atoms with E-state index in [1.165, 1.54) is 0 Å². The van der Waals surface area contributed by atoms with Crippen molar-refractivity contribution < 1.29 is 9.53 Å². The highest BCUT2D eigenvalue weighted by molar-refractivity contribution is 9.11. The summed E-state index contributed by atoms with van der Waals surface area (Å²) in [5.74, 6) is 0.679. The summed E-state index contributed by atoms with van der Waals surface area (Å²) < 4.78 is 9.61. The van der Waals surface area contributed by atoms with Gasteiger partial charge in [0.05, 0.1) is 39.9 Å². The molecule has 28 heavy (non-hydrogen) atoms. The second-order valence-electron chi connectivity index (χ2n) is 6.23. The van der Waals surface area contributed by atoms with Gasteiger partial charge in [-0.1, -0.05) is 24.3 Å². The molecule has 0 radical (unpaired) electrons. The minimum Gasteiger partial charge on any atom is -0.496 e. The number of rotatable bonds is 6. The van der Waals surface area contributed by atoms with Crippen molar-refractivity contribution in [3.05, 3.63) is 81.5 Å². The molecular weight excluding hydrogens is 438 g/mol. The number of ether oxygens (including phenoxy) is 1. The molecule has 0 saturated heterocycles. The second-order valence-corrected chi connectivity index (χ2v) is 8.69. The number of methoxy groups -OCH3 is 1. The molecule has 0 atom stereocenters. The molecule has 0 spiro atoms. The Morgan fingerprint density at radius 3 is 2.82 bits per heavy atom. The predicted molar refractivity (Wildman–Crippen MR) is 115 cm³/mol. The highest BCUT2D eigenvalue weighted by atomic mass is 79.9. The first kappa shape index (κ1) is 18.7. The third-order valence-corrected chi connectivity index (χ3v) is 6.04. The van der Waals surface area contributed by atoms with Gasteiger partial charge in [-0.3, -0.25) is 9.78 Å². The fourth-order valence-corrected chi connectivity index (χ4v) is 4.70. The van der Waals surface area contributed by atoms with E-state index in [9.17, 15) is 4.79 Å². The van der Waals surface area contributed by atoms with Gasteiger partial charge in [-0.15, -0.1) is 11.3 Å². The van der Waals surface area contributed by atoms with E-state index < -0.39 is 0 Å². The van der Waals surface area contributed by atoms with Crippen LogP contribution in [0.4, 0.5) is 0 Å². The molecule has 0 aliphatic rings. The van der Waals surface area contributed by atoms with Crippen molar-refractivity contribution in [2.24, 2.45) is 0 Å². The number of thiophene rings is 1. The first-order valence-electron chi connectivity index (χ1n) is 8.74. The monoisotopic (exact) mass is 455 g/mol. The van der Waals surface area contributed by atoms with Crippen molar-refractivity contribution in [3.63, 3.8) is 0 Å². The summed E-state index contributed by atoms with van der Waals surface area (Å²) in [4.78, 5) is 17.2. The third kappa shape index (κ3) is 3.81. The molecule has 0 aliphatic carbocycles. The van der Waals surface area contributed by atoms with Crippen LogP contribution in [0.5, 0.6) is 5.75 Å². The van der Waals surface area contributed by atoms with Crippen LogP contribution in [0.25, 0.3) is 10.2 Å². The molecule has 0 unspecified atom stereocenters. The lowest BCUT2D eigenvalue weighted by Crippen LogP contribution is -2.26. The summed E-state index contributed by atoms with van der Waals surface area (Å²) in [6.07, 6.45) is 1.72. The molecule has 1 N–H and O–H groups in total. The predicted octanol–water partition coefficient (Wildman–Crippen LogP) is 4.85. The van der Waals surface area contributed by atoms with E-state index in [1.807, 2.05) is 59.2 Å². The number of halogens is 1. The number of hydrogen-bond acceptors (Lipinski definition) is 4. The van der Waals surface area contributed by atoms with E-state index in [4.69, 9.17) is 4.74 Å². The molecule has 142 valence electrons. The molecule has 3 aromatic heterocycles. The summed E-state index contributed by atoms with van der Waals surface area (Å²) in [6.45, 7) is 0.930. The first-order valence-corrected chi connectivity index (χ1v) is 10.3. The molecule has 0 bridgehead atoms. The van der Waals surface area contributed by atoms with Gasteiger partial charge in [0.15, 0.2) is 0 Å². The normalized spacial score (nSPS) is 10.9. The van der Waals surface area contributed by atoms with Crippen LogP contribution in [0, 0.1) is 0 Å². The minimum absolute atomic E-state index is 0.125. The molecule has 4 rings (SSSR count). The summed E-state index contributed by atoms with van der Waals surface area (Å²) in [5, 5.41) is 2.97. The van der Waals surface area contributed by atoms with Crippen LogP contribution in [0.2, 0.25) is 0 Å². The number of nitrogens with zero attached hydrogens (tertiary/aromatic N) is 2. The van der Waals surface area contributed by atoms with Gasteiger partial charge in [0.2, 0.25) is 0 Å². The van der Waals surface area contributed by atoms with E-state index in [1.54, 1.807) is 24.6 Å². The Labute approximate surface area is 175 Å². The van der Waals surface area contributed by atoms with E-state index in [0.29, 0.717) is 18.8 Å². The van der Waals surface area contributed by atoms with E-state index in [2.05, 4.69) is 26.2 Å². The topological polar surface area (TPSA) is 56.1 Å². The van der Waals surface area contributed by atoms with Crippen LogP contribution in [0.3, 0.4) is 0 Å². The lowest BCUT2D eigenvalue weighted by Gasteiger charge is -2.13. The molecule has 0 fully saturated rings. The summed E-state index contributed by atoms with van der Waals surface area (Å²) in [7, 11) is 1.66. The highest BCUT2D eigenvalue weighted by Gasteiger charge is 2.19. The molecule has 3 heterocycles. The molecule has 4 aromatic rings.